The van der Waals surface area contributed by atoms with Gasteiger partial charge in [0.2, 0.25) is 5.13 Å². The zero-order chi connectivity index (χ0) is 18.5. The Bertz CT molecular complexity index is 950. The van der Waals surface area contributed by atoms with E-state index in [1.165, 1.54) is 41.3 Å². The van der Waals surface area contributed by atoms with Crippen LogP contribution in [0.25, 0.3) is 0 Å². The summed E-state index contributed by atoms with van der Waals surface area (Å²) in [5.74, 6) is 0.0679. The van der Waals surface area contributed by atoms with Gasteiger partial charge in [0.05, 0.1) is 4.92 Å². The number of hydrogen-bond acceptors (Lipinski definition) is 7. The number of thioether (sulfide) groups is 1. The fraction of sp³-hybridized carbons (Fsp3) is 0.0625. The molecule has 1 N–H and O–H groups in total. The van der Waals surface area contributed by atoms with Gasteiger partial charge in [0.25, 0.3) is 11.6 Å². The highest BCUT2D eigenvalue weighted by Gasteiger charge is 2.21. The van der Waals surface area contributed by atoms with Crippen LogP contribution in [0.2, 0.25) is 5.02 Å². The lowest BCUT2D eigenvalue weighted by Gasteiger charge is -2.03. The van der Waals surface area contributed by atoms with Gasteiger partial charge in [0.15, 0.2) is 4.34 Å². The summed E-state index contributed by atoms with van der Waals surface area (Å²) in [4.78, 5) is 22.8. The number of benzene rings is 2. The fourth-order valence-corrected chi connectivity index (χ4v) is 3.93. The Morgan fingerprint density at radius 2 is 2.00 bits per heavy atom. The second-order valence-electron chi connectivity index (χ2n) is 5.02. The van der Waals surface area contributed by atoms with E-state index in [2.05, 4.69) is 15.5 Å². The van der Waals surface area contributed by atoms with Crippen LogP contribution in [-0.2, 0) is 5.75 Å². The monoisotopic (exact) mass is 406 g/mol. The molecule has 0 saturated carbocycles. The normalized spacial score (nSPS) is 10.5. The van der Waals surface area contributed by atoms with Crippen molar-refractivity contribution < 1.29 is 9.72 Å². The first-order chi connectivity index (χ1) is 12.5. The highest BCUT2D eigenvalue weighted by molar-refractivity contribution is 8.00. The highest BCUT2D eigenvalue weighted by Crippen LogP contribution is 2.29. The van der Waals surface area contributed by atoms with Gasteiger partial charge in [-0.05, 0) is 17.7 Å². The molecule has 0 fully saturated rings. The van der Waals surface area contributed by atoms with Crippen molar-refractivity contribution in [2.75, 3.05) is 5.32 Å². The molecule has 0 radical (unpaired) electrons. The molecule has 132 valence electrons. The second kappa shape index (κ2) is 8.26. The number of carbonyl (C=O) groups excluding carboxylic acids is 1. The highest BCUT2D eigenvalue weighted by atomic mass is 35.5. The van der Waals surface area contributed by atoms with Crippen molar-refractivity contribution in [2.45, 2.75) is 10.1 Å². The molecule has 3 aromatic rings. The summed E-state index contributed by atoms with van der Waals surface area (Å²) in [6.45, 7) is 0. The van der Waals surface area contributed by atoms with E-state index in [0.717, 1.165) is 11.3 Å². The van der Waals surface area contributed by atoms with Crippen molar-refractivity contribution in [3.63, 3.8) is 0 Å². The molecular weight excluding hydrogens is 396 g/mol. The lowest BCUT2D eigenvalue weighted by molar-refractivity contribution is -0.385. The predicted molar refractivity (Wildman–Crippen MR) is 102 cm³/mol. The van der Waals surface area contributed by atoms with Crippen LogP contribution in [0, 0.1) is 10.1 Å². The van der Waals surface area contributed by atoms with Gasteiger partial charge >= 0.3 is 0 Å². The van der Waals surface area contributed by atoms with Gasteiger partial charge in [0, 0.05) is 16.8 Å². The number of aromatic nitrogens is 2. The van der Waals surface area contributed by atoms with E-state index >= 15 is 0 Å². The Balaban J connectivity index is 1.68. The van der Waals surface area contributed by atoms with Crippen LogP contribution < -0.4 is 5.32 Å². The van der Waals surface area contributed by atoms with Gasteiger partial charge < -0.3 is 0 Å². The van der Waals surface area contributed by atoms with Gasteiger partial charge in [-0.25, -0.2) is 0 Å². The molecule has 7 nitrogen and oxygen atoms in total. The second-order valence-corrected chi connectivity index (χ2v) is 7.66. The maximum atomic E-state index is 12.3. The average Bonchev–Trinajstić information content (AvgIpc) is 3.08. The summed E-state index contributed by atoms with van der Waals surface area (Å²) < 4.78 is 0.685. The van der Waals surface area contributed by atoms with Crippen molar-refractivity contribution in [3.05, 3.63) is 74.8 Å². The molecule has 10 heteroatoms. The van der Waals surface area contributed by atoms with Gasteiger partial charge in [-0.2, -0.15) is 0 Å². The number of rotatable bonds is 6. The zero-order valence-electron chi connectivity index (χ0n) is 13.1. The minimum atomic E-state index is -0.657. The molecule has 26 heavy (non-hydrogen) atoms. The number of amides is 1. The van der Waals surface area contributed by atoms with Crippen molar-refractivity contribution in [2.24, 2.45) is 0 Å². The van der Waals surface area contributed by atoms with Gasteiger partial charge in [-0.1, -0.05) is 65.0 Å². The van der Waals surface area contributed by atoms with Crippen LogP contribution in [0.15, 0.2) is 52.9 Å². The lowest BCUT2D eigenvalue weighted by atomic mass is 10.1. The van der Waals surface area contributed by atoms with E-state index in [9.17, 15) is 14.9 Å². The predicted octanol–water partition coefficient (Wildman–Crippen LogP) is 4.64. The summed E-state index contributed by atoms with van der Waals surface area (Å²) in [7, 11) is 0. The third-order valence-electron chi connectivity index (χ3n) is 3.23. The first kappa shape index (κ1) is 18.3. The molecule has 0 bridgehead atoms. The van der Waals surface area contributed by atoms with Crippen molar-refractivity contribution in [3.8, 4) is 0 Å². The van der Waals surface area contributed by atoms with Crippen LogP contribution >= 0.6 is 34.7 Å². The maximum Gasteiger partial charge on any atom is 0.282 e. The lowest BCUT2D eigenvalue weighted by Crippen LogP contribution is -2.13. The Labute approximate surface area is 161 Å². The maximum absolute atomic E-state index is 12.3. The first-order valence-electron chi connectivity index (χ1n) is 7.28. The number of carbonyl (C=O) groups is 1. The summed E-state index contributed by atoms with van der Waals surface area (Å²) in [5, 5.41) is 22.0. The minimum Gasteiger partial charge on any atom is -0.296 e. The number of halogens is 1. The van der Waals surface area contributed by atoms with E-state index in [0.29, 0.717) is 4.34 Å². The van der Waals surface area contributed by atoms with E-state index in [4.69, 9.17) is 11.6 Å². The van der Waals surface area contributed by atoms with Crippen LogP contribution in [0.4, 0.5) is 10.8 Å². The molecule has 0 atom stereocenters. The zero-order valence-corrected chi connectivity index (χ0v) is 15.5. The largest absolute Gasteiger partial charge is 0.296 e. The molecule has 1 amide bonds. The Hall–Kier alpha value is -2.49. The first-order valence-corrected chi connectivity index (χ1v) is 9.46. The third kappa shape index (κ3) is 4.57. The number of nitro groups is 1. The smallest absolute Gasteiger partial charge is 0.282 e. The Morgan fingerprint density at radius 3 is 2.73 bits per heavy atom. The van der Waals surface area contributed by atoms with E-state index in [1.807, 2.05) is 30.3 Å². The van der Waals surface area contributed by atoms with Crippen molar-refractivity contribution >= 4 is 51.4 Å². The van der Waals surface area contributed by atoms with Gasteiger partial charge in [0.1, 0.15) is 5.56 Å². The van der Waals surface area contributed by atoms with E-state index in [1.54, 1.807) is 0 Å². The molecule has 0 saturated heterocycles. The molecule has 0 aliphatic carbocycles. The van der Waals surface area contributed by atoms with E-state index < -0.39 is 10.8 Å². The molecule has 0 aliphatic heterocycles. The molecule has 2 aromatic carbocycles. The van der Waals surface area contributed by atoms with Crippen LogP contribution in [0.3, 0.4) is 0 Å². The standard InChI is InChI=1S/C16H11ClN4O3S2/c17-11-6-7-13(21(23)24)12(8-11)14(22)18-15-19-20-16(26-15)25-9-10-4-2-1-3-5-10/h1-8H,9H2,(H,18,19,22). The minimum absolute atomic E-state index is 0.129. The molecule has 0 unspecified atom stereocenters. The van der Waals surface area contributed by atoms with Crippen molar-refractivity contribution in [1.29, 1.82) is 0 Å². The number of anilines is 1. The number of nitro benzene ring substituents is 1. The number of nitrogens with one attached hydrogen (secondary N) is 1. The summed E-state index contributed by atoms with van der Waals surface area (Å²) in [5.41, 5.74) is 0.694. The topological polar surface area (TPSA) is 98.0 Å². The fourth-order valence-electron chi connectivity index (χ4n) is 2.05. The summed E-state index contributed by atoms with van der Waals surface area (Å²) in [6, 6.07) is 13.7. The van der Waals surface area contributed by atoms with Gasteiger partial charge in [-0.15, -0.1) is 10.2 Å². The summed E-state index contributed by atoms with van der Waals surface area (Å²) in [6.07, 6.45) is 0. The molecule has 1 aromatic heterocycles. The number of hydrogen-bond donors (Lipinski definition) is 1. The van der Waals surface area contributed by atoms with Gasteiger partial charge in [-0.3, -0.25) is 20.2 Å². The van der Waals surface area contributed by atoms with Crippen molar-refractivity contribution in [1.82, 2.24) is 10.2 Å². The summed E-state index contributed by atoms with van der Waals surface area (Å²) >= 11 is 8.53. The molecular formula is C16H11ClN4O3S2. The van der Waals surface area contributed by atoms with Crippen LogP contribution in [0.1, 0.15) is 15.9 Å². The van der Waals surface area contributed by atoms with Crippen LogP contribution in [0.5, 0.6) is 0 Å². The average molecular weight is 407 g/mol. The molecule has 1 heterocycles. The van der Waals surface area contributed by atoms with Crippen LogP contribution in [-0.4, -0.2) is 21.0 Å². The Kier molecular flexibility index (Phi) is 5.82. The Morgan fingerprint density at radius 1 is 1.23 bits per heavy atom. The SMILES string of the molecule is O=C(Nc1nnc(SCc2ccccc2)s1)c1cc(Cl)ccc1[N+](=O)[O-]. The molecule has 3 rings (SSSR count). The number of nitrogens with zero attached hydrogens (tertiary/aromatic N) is 3. The van der Waals surface area contributed by atoms with E-state index in [-0.39, 0.29) is 21.4 Å². The third-order valence-corrected chi connectivity index (χ3v) is 5.51. The quantitative estimate of drug-likeness (QED) is 0.277. The molecule has 0 aliphatic rings. The molecule has 0 spiro atoms.